The molecule has 0 bridgehead atoms. The molecular formula is C12H8Br2F3NS. The molecule has 0 fully saturated rings. The maximum absolute atomic E-state index is 13.8. The minimum Gasteiger partial charge on any atom is -0.309 e. The van der Waals surface area contributed by atoms with Gasteiger partial charge in [0.15, 0.2) is 17.5 Å². The molecule has 1 atom stereocenters. The van der Waals surface area contributed by atoms with Crippen LogP contribution in [0.25, 0.3) is 0 Å². The zero-order valence-electron chi connectivity index (χ0n) is 9.61. The molecule has 0 aliphatic carbocycles. The van der Waals surface area contributed by atoms with E-state index in [0.29, 0.717) is 0 Å². The van der Waals surface area contributed by atoms with Gasteiger partial charge in [0.2, 0.25) is 0 Å². The molecule has 0 aliphatic rings. The first-order valence-electron chi connectivity index (χ1n) is 5.21. The normalized spacial score (nSPS) is 12.7. The predicted octanol–water partition coefficient (Wildman–Crippen LogP) is 5.00. The van der Waals surface area contributed by atoms with Gasteiger partial charge in [0.05, 0.1) is 13.6 Å². The van der Waals surface area contributed by atoms with Crippen molar-refractivity contribution in [1.29, 1.82) is 0 Å². The van der Waals surface area contributed by atoms with Gasteiger partial charge in [-0.3, -0.25) is 0 Å². The molecule has 0 spiro atoms. The highest BCUT2D eigenvalue weighted by Gasteiger charge is 2.23. The number of hydrogen-bond donors (Lipinski definition) is 1. The smallest absolute Gasteiger partial charge is 0.194 e. The molecule has 102 valence electrons. The van der Waals surface area contributed by atoms with E-state index >= 15 is 0 Å². The second-order valence-electron chi connectivity index (χ2n) is 3.77. The van der Waals surface area contributed by atoms with E-state index in [0.717, 1.165) is 19.2 Å². The van der Waals surface area contributed by atoms with Crippen molar-refractivity contribution in [2.24, 2.45) is 0 Å². The van der Waals surface area contributed by atoms with Crippen LogP contribution in [0, 0.1) is 17.5 Å². The minimum absolute atomic E-state index is 0.0624. The van der Waals surface area contributed by atoms with Gasteiger partial charge in [-0.25, -0.2) is 13.2 Å². The minimum atomic E-state index is -1.46. The number of rotatable bonds is 3. The lowest BCUT2D eigenvalue weighted by molar-refractivity contribution is 0.435. The molecule has 1 aromatic carbocycles. The van der Waals surface area contributed by atoms with Crippen LogP contribution >= 0.6 is 43.2 Å². The number of nitrogens with one attached hydrogen (secondary N) is 1. The van der Waals surface area contributed by atoms with Gasteiger partial charge < -0.3 is 5.32 Å². The molecule has 1 nitrogen and oxygen atoms in total. The molecule has 1 aromatic heterocycles. The van der Waals surface area contributed by atoms with E-state index in [9.17, 15) is 13.2 Å². The summed E-state index contributed by atoms with van der Waals surface area (Å²) >= 11 is 8.13. The molecular weight excluding hydrogens is 407 g/mol. The van der Waals surface area contributed by atoms with Crippen molar-refractivity contribution in [3.05, 3.63) is 54.4 Å². The lowest BCUT2D eigenvalue weighted by Crippen LogP contribution is -2.19. The van der Waals surface area contributed by atoms with E-state index in [4.69, 9.17) is 0 Å². The maximum Gasteiger partial charge on any atom is 0.194 e. The van der Waals surface area contributed by atoms with Crippen LogP contribution < -0.4 is 5.32 Å². The van der Waals surface area contributed by atoms with Gasteiger partial charge in [-0.15, -0.1) is 11.3 Å². The summed E-state index contributed by atoms with van der Waals surface area (Å²) in [7, 11) is 1.63. The highest BCUT2D eigenvalue weighted by atomic mass is 79.9. The molecule has 0 saturated heterocycles. The van der Waals surface area contributed by atoms with Crippen molar-refractivity contribution in [3.8, 4) is 0 Å². The van der Waals surface area contributed by atoms with Crippen LogP contribution in [0.4, 0.5) is 13.2 Å². The second-order valence-corrected chi connectivity index (χ2v) is 7.52. The standard InChI is InChI=1S/C12H8Br2F3NS/c1-18-11(6-4-8(13)19-12(6)14)5-2-3-7(15)10(17)9(5)16/h2-4,11,18H,1H3. The molecule has 2 aromatic rings. The quantitative estimate of drug-likeness (QED) is 0.697. The molecule has 1 N–H and O–H groups in total. The fourth-order valence-electron chi connectivity index (χ4n) is 1.79. The van der Waals surface area contributed by atoms with Crippen LogP contribution in [0.15, 0.2) is 25.8 Å². The molecule has 1 unspecified atom stereocenters. The lowest BCUT2D eigenvalue weighted by Gasteiger charge is -2.17. The first-order valence-corrected chi connectivity index (χ1v) is 7.61. The van der Waals surface area contributed by atoms with Gasteiger partial charge in [-0.05, 0) is 56.6 Å². The molecule has 19 heavy (non-hydrogen) atoms. The Bertz CT molecular complexity index is 615. The highest BCUT2D eigenvalue weighted by Crippen LogP contribution is 2.38. The molecule has 1 heterocycles. The summed E-state index contributed by atoms with van der Waals surface area (Å²) < 4.78 is 41.8. The monoisotopic (exact) mass is 413 g/mol. The molecule has 2 rings (SSSR count). The molecule has 0 saturated carbocycles. The third-order valence-electron chi connectivity index (χ3n) is 2.66. The summed E-state index contributed by atoms with van der Waals surface area (Å²) in [4.78, 5) is 0. The number of benzene rings is 1. The summed E-state index contributed by atoms with van der Waals surface area (Å²) in [5.41, 5.74) is 0.816. The van der Waals surface area contributed by atoms with Gasteiger partial charge in [0.25, 0.3) is 0 Å². The van der Waals surface area contributed by atoms with Crippen LogP contribution in [0.1, 0.15) is 17.2 Å². The van der Waals surface area contributed by atoms with Crippen molar-refractivity contribution in [2.45, 2.75) is 6.04 Å². The van der Waals surface area contributed by atoms with Crippen molar-refractivity contribution >= 4 is 43.2 Å². The molecule has 0 amide bonds. The van der Waals surface area contributed by atoms with Crippen molar-refractivity contribution in [1.82, 2.24) is 5.32 Å². The van der Waals surface area contributed by atoms with Crippen molar-refractivity contribution < 1.29 is 13.2 Å². The highest BCUT2D eigenvalue weighted by molar-refractivity contribution is 9.12. The van der Waals surface area contributed by atoms with Crippen molar-refractivity contribution in [2.75, 3.05) is 7.05 Å². The van der Waals surface area contributed by atoms with Gasteiger partial charge >= 0.3 is 0 Å². The average Bonchev–Trinajstić information content (AvgIpc) is 2.69. The third kappa shape index (κ3) is 2.89. The topological polar surface area (TPSA) is 12.0 Å². The van der Waals surface area contributed by atoms with Crippen LogP contribution in [0.2, 0.25) is 0 Å². The number of hydrogen-bond acceptors (Lipinski definition) is 2. The Morgan fingerprint density at radius 3 is 2.32 bits per heavy atom. The summed E-state index contributed by atoms with van der Waals surface area (Å²) in [5, 5.41) is 2.90. The Morgan fingerprint density at radius 1 is 1.11 bits per heavy atom. The predicted molar refractivity (Wildman–Crippen MR) is 76.9 cm³/mol. The Hall–Kier alpha value is -0.370. The number of thiophene rings is 1. The zero-order chi connectivity index (χ0) is 14.2. The van der Waals surface area contributed by atoms with E-state index in [1.165, 1.54) is 17.4 Å². The summed E-state index contributed by atoms with van der Waals surface area (Å²) in [6, 6.07) is 3.41. The largest absolute Gasteiger partial charge is 0.309 e. The summed E-state index contributed by atoms with van der Waals surface area (Å²) in [6.07, 6.45) is 0. The van der Waals surface area contributed by atoms with Gasteiger partial charge in [-0.2, -0.15) is 0 Å². The Labute approximate surface area is 129 Å². The van der Waals surface area contributed by atoms with Crippen LogP contribution in [-0.4, -0.2) is 7.05 Å². The van der Waals surface area contributed by atoms with E-state index in [1.807, 2.05) is 0 Å². The fourth-order valence-corrected chi connectivity index (χ4v) is 4.69. The van der Waals surface area contributed by atoms with Gasteiger partial charge in [0, 0.05) is 5.56 Å². The maximum atomic E-state index is 13.8. The second kappa shape index (κ2) is 5.95. The SMILES string of the molecule is CNC(c1cc(Br)sc1Br)c1ccc(F)c(F)c1F. The van der Waals surface area contributed by atoms with Gasteiger partial charge in [0.1, 0.15) is 0 Å². The fraction of sp³-hybridized carbons (Fsp3) is 0.167. The molecule has 7 heteroatoms. The lowest BCUT2D eigenvalue weighted by atomic mass is 10.0. The van der Waals surface area contributed by atoms with Crippen LogP contribution in [0.3, 0.4) is 0 Å². The first kappa shape index (κ1) is 15.0. The average molecular weight is 415 g/mol. The van der Waals surface area contributed by atoms with E-state index in [2.05, 4.69) is 37.2 Å². The zero-order valence-corrected chi connectivity index (χ0v) is 13.6. The van der Waals surface area contributed by atoms with Crippen LogP contribution in [0.5, 0.6) is 0 Å². The first-order chi connectivity index (χ1) is 8.95. The third-order valence-corrected chi connectivity index (χ3v) is 5.04. The number of halogens is 5. The summed E-state index contributed by atoms with van der Waals surface area (Å²) in [6.45, 7) is 0. The Morgan fingerprint density at radius 2 is 1.79 bits per heavy atom. The Balaban J connectivity index is 2.54. The van der Waals surface area contributed by atoms with Crippen molar-refractivity contribution in [3.63, 3.8) is 0 Å². The van der Waals surface area contributed by atoms with E-state index in [-0.39, 0.29) is 5.56 Å². The Kier molecular flexibility index (Phi) is 4.70. The van der Waals surface area contributed by atoms with E-state index in [1.54, 1.807) is 13.1 Å². The molecule has 0 aliphatic heterocycles. The van der Waals surface area contributed by atoms with Gasteiger partial charge in [-0.1, -0.05) is 6.07 Å². The van der Waals surface area contributed by atoms with Crippen LogP contribution in [-0.2, 0) is 0 Å². The molecule has 0 radical (unpaired) electrons. The van der Waals surface area contributed by atoms with E-state index < -0.39 is 23.5 Å². The summed E-state index contributed by atoms with van der Waals surface area (Å²) in [5.74, 6) is -3.82.